The van der Waals surface area contributed by atoms with Crippen LogP contribution in [-0.4, -0.2) is 29.2 Å². The van der Waals surface area contributed by atoms with Gasteiger partial charge in [0, 0.05) is 5.39 Å². The minimum absolute atomic E-state index is 0.0258. The molecule has 6 nitrogen and oxygen atoms in total. The van der Waals surface area contributed by atoms with Gasteiger partial charge in [-0.25, -0.2) is 0 Å². The van der Waals surface area contributed by atoms with E-state index in [-0.39, 0.29) is 13.0 Å². The quantitative estimate of drug-likeness (QED) is 0.649. The third-order valence-electron chi connectivity index (χ3n) is 4.48. The van der Waals surface area contributed by atoms with E-state index in [1.807, 2.05) is 49.4 Å². The number of ether oxygens (including phenoxy) is 2. The molecule has 0 aliphatic heterocycles. The van der Waals surface area contributed by atoms with E-state index >= 15 is 0 Å². The second-order valence-electron chi connectivity index (χ2n) is 6.52. The lowest BCUT2D eigenvalue weighted by molar-refractivity contribution is -0.154. The Hall–Kier alpha value is -3.15. The summed E-state index contributed by atoms with van der Waals surface area (Å²) in [5.41, 5.74) is 3.86. The van der Waals surface area contributed by atoms with Crippen LogP contribution in [0.15, 0.2) is 48.7 Å². The predicted octanol–water partition coefficient (Wildman–Crippen LogP) is 3.34. The van der Waals surface area contributed by atoms with E-state index in [1.165, 1.54) is 7.11 Å². The Labute approximate surface area is 157 Å². The van der Waals surface area contributed by atoms with Gasteiger partial charge in [-0.2, -0.15) is 5.10 Å². The molecule has 0 fully saturated rings. The summed E-state index contributed by atoms with van der Waals surface area (Å²) in [6, 6.07) is 13.4. The first kappa shape index (κ1) is 18.6. The molecule has 1 N–H and O–H groups in total. The lowest BCUT2D eigenvalue weighted by atomic mass is 9.94. The molecular weight excluding hydrogens is 344 g/mol. The van der Waals surface area contributed by atoms with E-state index < -0.39 is 17.9 Å². The van der Waals surface area contributed by atoms with Crippen LogP contribution in [0.4, 0.5) is 0 Å². The van der Waals surface area contributed by atoms with Crippen LogP contribution in [0.3, 0.4) is 0 Å². The Morgan fingerprint density at radius 3 is 2.67 bits per heavy atom. The highest BCUT2D eigenvalue weighted by Gasteiger charge is 2.24. The van der Waals surface area contributed by atoms with Crippen molar-refractivity contribution in [2.75, 3.05) is 7.11 Å². The van der Waals surface area contributed by atoms with E-state index in [2.05, 4.69) is 10.2 Å². The number of aromatic amines is 1. The summed E-state index contributed by atoms with van der Waals surface area (Å²) in [6.07, 6.45) is 2.12. The van der Waals surface area contributed by atoms with Crippen molar-refractivity contribution in [1.82, 2.24) is 10.2 Å². The van der Waals surface area contributed by atoms with Gasteiger partial charge in [-0.05, 0) is 36.1 Å². The third-order valence-corrected chi connectivity index (χ3v) is 4.48. The van der Waals surface area contributed by atoms with E-state index in [0.29, 0.717) is 6.42 Å². The molecule has 0 bridgehead atoms. The van der Waals surface area contributed by atoms with Gasteiger partial charge in [0.25, 0.3) is 0 Å². The minimum atomic E-state index is -0.595. The summed E-state index contributed by atoms with van der Waals surface area (Å²) in [5.74, 6) is -1.44. The number of methoxy groups -OCH3 is 1. The lowest BCUT2D eigenvalue weighted by Gasteiger charge is -2.15. The van der Waals surface area contributed by atoms with Gasteiger partial charge in [0.15, 0.2) is 0 Å². The van der Waals surface area contributed by atoms with Crippen LogP contribution in [0.1, 0.15) is 23.1 Å². The van der Waals surface area contributed by atoms with Crippen LogP contribution < -0.4 is 0 Å². The molecule has 0 radical (unpaired) electrons. The van der Waals surface area contributed by atoms with Gasteiger partial charge in [0.2, 0.25) is 0 Å². The van der Waals surface area contributed by atoms with Gasteiger partial charge in [0.05, 0.1) is 31.2 Å². The molecule has 140 valence electrons. The number of fused-ring (bicyclic) bond motifs is 1. The standard InChI is InChI=1S/C21H22N2O4/c1-14-8-16(10-18-12-22-23-20(14)18)9-17(21(25)26-2)11-19(24)27-13-15-6-4-3-5-7-15/h3-8,10,12,17H,9,11,13H2,1-2H3,(H,22,23)/t17-/m0/s1. The maximum absolute atomic E-state index is 12.2. The molecular formula is C21H22N2O4. The topological polar surface area (TPSA) is 81.3 Å². The Bertz CT molecular complexity index is 934. The molecule has 1 atom stereocenters. The third kappa shape index (κ3) is 4.73. The van der Waals surface area contributed by atoms with E-state index in [0.717, 1.165) is 27.6 Å². The monoisotopic (exact) mass is 366 g/mol. The summed E-state index contributed by atoms with van der Waals surface area (Å²) in [4.78, 5) is 24.4. The first-order chi connectivity index (χ1) is 13.1. The summed E-state index contributed by atoms with van der Waals surface area (Å²) >= 11 is 0. The van der Waals surface area contributed by atoms with Crippen molar-refractivity contribution in [3.8, 4) is 0 Å². The number of aromatic nitrogens is 2. The fraction of sp³-hybridized carbons (Fsp3) is 0.286. The SMILES string of the molecule is COC(=O)[C@H](CC(=O)OCc1ccccc1)Cc1cc(C)c2[nH]ncc2c1. The number of carbonyl (C=O) groups excluding carboxylic acids is 2. The van der Waals surface area contributed by atoms with Gasteiger partial charge in [-0.15, -0.1) is 0 Å². The van der Waals surface area contributed by atoms with Crippen LogP contribution in [-0.2, 0) is 32.1 Å². The number of esters is 2. The van der Waals surface area contributed by atoms with Gasteiger partial charge in [0.1, 0.15) is 6.61 Å². The smallest absolute Gasteiger partial charge is 0.309 e. The highest BCUT2D eigenvalue weighted by Crippen LogP contribution is 2.22. The maximum atomic E-state index is 12.2. The number of hydrogen-bond acceptors (Lipinski definition) is 5. The molecule has 0 saturated heterocycles. The number of H-pyrrole nitrogens is 1. The van der Waals surface area contributed by atoms with Crippen molar-refractivity contribution in [2.24, 2.45) is 5.92 Å². The fourth-order valence-corrected chi connectivity index (χ4v) is 3.12. The second kappa shape index (κ2) is 8.49. The molecule has 0 unspecified atom stereocenters. The lowest BCUT2D eigenvalue weighted by Crippen LogP contribution is -2.23. The number of nitrogens with zero attached hydrogens (tertiary/aromatic N) is 1. The zero-order chi connectivity index (χ0) is 19.2. The van der Waals surface area contributed by atoms with Crippen LogP contribution in [0, 0.1) is 12.8 Å². The molecule has 27 heavy (non-hydrogen) atoms. The molecule has 0 aliphatic rings. The first-order valence-corrected chi connectivity index (χ1v) is 8.77. The van der Waals surface area contributed by atoms with Crippen LogP contribution in [0.2, 0.25) is 0 Å². The molecule has 1 aromatic heterocycles. The number of benzene rings is 2. The summed E-state index contributed by atoms with van der Waals surface area (Å²) in [7, 11) is 1.33. The zero-order valence-electron chi connectivity index (χ0n) is 15.4. The Kier molecular flexibility index (Phi) is 5.86. The van der Waals surface area contributed by atoms with Crippen molar-refractivity contribution in [3.63, 3.8) is 0 Å². The fourth-order valence-electron chi connectivity index (χ4n) is 3.12. The number of nitrogens with one attached hydrogen (secondary N) is 1. The minimum Gasteiger partial charge on any atom is -0.469 e. The average Bonchev–Trinajstić information content (AvgIpc) is 3.15. The number of rotatable bonds is 7. The molecule has 0 spiro atoms. The van der Waals surface area contributed by atoms with Gasteiger partial charge >= 0.3 is 11.9 Å². The number of carbonyl (C=O) groups is 2. The first-order valence-electron chi connectivity index (χ1n) is 8.77. The number of hydrogen-bond donors (Lipinski definition) is 1. The molecule has 3 aromatic rings. The van der Waals surface area contributed by atoms with Crippen molar-refractivity contribution in [1.29, 1.82) is 0 Å². The van der Waals surface area contributed by atoms with Gasteiger partial charge < -0.3 is 9.47 Å². The van der Waals surface area contributed by atoms with Crippen molar-refractivity contribution < 1.29 is 19.1 Å². The molecule has 0 amide bonds. The second-order valence-corrected chi connectivity index (χ2v) is 6.52. The van der Waals surface area contributed by atoms with Crippen LogP contribution >= 0.6 is 0 Å². The summed E-state index contributed by atoms with van der Waals surface area (Å²) < 4.78 is 10.2. The molecule has 0 aliphatic carbocycles. The molecule has 3 rings (SSSR count). The maximum Gasteiger partial charge on any atom is 0.309 e. The molecule has 0 saturated carbocycles. The van der Waals surface area contributed by atoms with Crippen LogP contribution in [0.25, 0.3) is 10.9 Å². The highest BCUT2D eigenvalue weighted by atomic mass is 16.5. The predicted molar refractivity (Wildman–Crippen MR) is 101 cm³/mol. The van der Waals surface area contributed by atoms with Crippen molar-refractivity contribution in [3.05, 3.63) is 65.4 Å². The largest absolute Gasteiger partial charge is 0.469 e. The molecule has 6 heteroatoms. The molecule has 1 heterocycles. The van der Waals surface area contributed by atoms with Gasteiger partial charge in [-0.1, -0.05) is 36.4 Å². The highest BCUT2D eigenvalue weighted by molar-refractivity contribution is 5.83. The van der Waals surface area contributed by atoms with Crippen molar-refractivity contribution in [2.45, 2.75) is 26.4 Å². The van der Waals surface area contributed by atoms with Gasteiger partial charge in [-0.3, -0.25) is 14.7 Å². The summed E-state index contributed by atoms with van der Waals surface area (Å²) in [5, 5.41) is 7.97. The van der Waals surface area contributed by atoms with Crippen molar-refractivity contribution >= 4 is 22.8 Å². The van der Waals surface area contributed by atoms with E-state index in [9.17, 15) is 9.59 Å². The Morgan fingerprint density at radius 2 is 1.93 bits per heavy atom. The Balaban J connectivity index is 1.67. The zero-order valence-corrected chi connectivity index (χ0v) is 15.4. The van der Waals surface area contributed by atoms with Crippen LogP contribution in [0.5, 0.6) is 0 Å². The normalized spacial score (nSPS) is 11.9. The van der Waals surface area contributed by atoms with E-state index in [4.69, 9.17) is 9.47 Å². The number of aryl methyl sites for hydroxylation is 1. The molecule has 2 aromatic carbocycles. The average molecular weight is 366 g/mol. The van der Waals surface area contributed by atoms with E-state index in [1.54, 1.807) is 6.20 Å². The summed E-state index contributed by atoms with van der Waals surface area (Å²) in [6.45, 7) is 2.17. The Morgan fingerprint density at radius 1 is 1.15 bits per heavy atom.